The summed E-state index contributed by atoms with van der Waals surface area (Å²) in [5, 5.41) is 13.6. The molecule has 2 aromatic rings. The lowest BCUT2D eigenvalue weighted by Gasteiger charge is -2.16. The molecule has 0 aromatic heterocycles. The number of benzene rings is 2. The number of hydrogen-bond acceptors (Lipinski definition) is 3. The van der Waals surface area contributed by atoms with Gasteiger partial charge in [0.15, 0.2) is 0 Å². The van der Waals surface area contributed by atoms with Crippen molar-refractivity contribution in [2.45, 2.75) is 44.2 Å². The SMILES string of the molecule is CCCCNC(=O)C1(c2ccc(NC(=O)c3ccc(Cl)cc3)cc2)CC1.O=C(O)C(F)(F)F. The lowest BCUT2D eigenvalue weighted by atomic mass is 9.94. The van der Waals surface area contributed by atoms with Crippen molar-refractivity contribution >= 4 is 35.1 Å². The Hall–Kier alpha value is -3.07. The van der Waals surface area contributed by atoms with Crippen molar-refractivity contribution in [2.24, 2.45) is 0 Å². The summed E-state index contributed by atoms with van der Waals surface area (Å²) in [6, 6.07) is 14.3. The second-order valence-electron chi connectivity index (χ2n) is 7.53. The van der Waals surface area contributed by atoms with Crippen LogP contribution in [0.1, 0.15) is 48.5 Å². The first-order valence-electron chi connectivity index (χ1n) is 10.3. The van der Waals surface area contributed by atoms with Crippen molar-refractivity contribution < 1.29 is 32.7 Å². The molecule has 0 aliphatic heterocycles. The molecule has 0 saturated heterocycles. The maximum Gasteiger partial charge on any atom is 0.490 e. The summed E-state index contributed by atoms with van der Waals surface area (Å²) in [5.41, 5.74) is 1.88. The van der Waals surface area contributed by atoms with E-state index in [1.165, 1.54) is 0 Å². The Bertz CT molecular complexity index is 973. The molecule has 10 heteroatoms. The van der Waals surface area contributed by atoms with E-state index in [0.717, 1.165) is 37.8 Å². The van der Waals surface area contributed by atoms with Crippen molar-refractivity contribution in [3.05, 3.63) is 64.7 Å². The van der Waals surface area contributed by atoms with E-state index < -0.39 is 12.1 Å². The number of anilines is 1. The molecule has 2 aromatic carbocycles. The third-order valence-corrected chi connectivity index (χ3v) is 5.30. The summed E-state index contributed by atoms with van der Waals surface area (Å²) < 4.78 is 31.7. The summed E-state index contributed by atoms with van der Waals surface area (Å²) in [4.78, 5) is 33.6. The maximum atomic E-state index is 12.5. The molecule has 0 spiro atoms. The van der Waals surface area contributed by atoms with E-state index in [-0.39, 0.29) is 17.2 Å². The van der Waals surface area contributed by atoms with E-state index in [1.54, 1.807) is 24.3 Å². The van der Waals surface area contributed by atoms with Crippen molar-refractivity contribution in [3.63, 3.8) is 0 Å². The fraction of sp³-hybridized carbons (Fsp3) is 0.348. The molecule has 1 saturated carbocycles. The molecule has 3 rings (SSSR count). The first-order valence-corrected chi connectivity index (χ1v) is 10.6. The van der Waals surface area contributed by atoms with E-state index >= 15 is 0 Å². The number of carboxylic acid groups (broad SMARTS) is 1. The number of unbranched alkanes of at least 4 members (excludes halogenated alkanes) is 1. The summed E-state index contributed by atoms with van der Waals surface area (Å²) >= 11 is 5.84. The number of carbonyl (C=O) groups is 3. The van der Waals surface area contributed by atoms with Crippen LogP contribution in [0.15, 0.2) is 48.5 Å². The molecule has 3 N–H and O–H groups in total. The zero-order valence-electron chi connectivity index (χ0n) is 17.8. The molecule has 6 nitrogen and oxygen atoms in total. The number of alkyl halides is 3. The lowest BCUT2D eigenvalue weighted by Crippen LogP contribution is -2.35. The Morgan fingerprint density at radius 2 is 1.58 bits per heavy atom. The topological polar surface area (TPSA) is 95.5 Å². The van der Waals surface area contributed by atoms with E-state index in [4.69, 9.17) is 21.5 Å². The van der Waals surface area contributed by atoms with E-state index in [2.05, 4.69) is 17.6 Å². The number of halogens is 4. The molecule has 1 aliphatic carbocycles. The molecule has 0 atom stereocenters. The highest BCUT2D eigenvalue weighted by molar-refractivity contribution is 6.30. The molecule has 178 valence electrons. The average Bonchev–Trinajstić information content (AvgIpc) is 3.57. The maximum absolute atomic E-state index is 12.5. The number of carboxylic acids is 1. The van der Waals surface area contributed by atoms with Crippen LogP contribution in [0.3, 0.4) is 0 Å². The van der Waals surface area contributed by atoms with Crippen molar-refractivity contribution in [3.8, 4) is 0 Å². The van der Waals surface area contributed by atoms with Gasteiger partial charge in [0.2, 0.25) is 5.91 Å². The van der Waals surface area contributed by atoms with E-state index in [0.29, 0.717) is 16.3 Å². The van der Waals surface area contributed by atoms with Crippen molar-refractivity contribution in [2.75, 3.05) is 11.9 Å². The minimum atomic E-state index is -5.08. The molecule has 0 radical (unpaired) electrons. The van der Waals surface area contributed by atoms with Crippen LogP contribution in [-0.4, -0.2) is 35.6 Å². The number of nitrogens with one attached hydrogen (secondary N) is 2. The summed E-state index contributed by atoms with van der Waals surface area (Å²) in [6.45, 7) is 2.84. The minimum absolute atomic E-state index is 0.115. The number of aliphatic carboxylic acids is 1. The first-order chi connectivity index (χ1) is 15.5. The van der Waals surface area contributed by atoms with Crippen LogP contribution in [0.2, 0.25) is 5.02 Å². The van der Waals surface area contributed by atoms with Gasteiger partial charge in [0.05, 0.1) is 5.41 Å². The molecule has 1 aliphatic rings. The fourth-order valence-corrected chi connectivity index (χ4v) is 3.12. The number of carbonyl (C=O) groups excluding carboxylic acids is 2. The summed E-state index contributed by atoms with van der Waals surface area (Å²) in [6.07, 6.45) is -1.27. The van der Waals surface area contributed by atoms with Crippen LogP contribution in [0, 0.1) is 0 Å². The number of amides is 2. The zero-order valence-corrected chi connectivity index (χ0v) is 18.6. The normalized spacial score (nSPS) is 13.8. The van der Waals surface area contributed by atoms with E-state index in [9.17, 15) is 22.8 Å². The van der Waals surface area contributed by atoms with Crippen molar-refractivity contribution in [1.29, 1.82) is 0 Å². The molecular weight excluding hydrogens is 461 g/mol. The van der Waals surface area contributed by atoms with Gasteiger partial charge in [-0.05, 0) is 61.2 Å². The second-order valence-corrected chi connectivity index (χ2v) is 7.97. The third-order valence-electron chi connectivity index (χ3n) is 5.04. The highest BCUT2D eigenvalue weighted by Gasteiger charge is 2.50. The second kappa shape index (κ2) is 11.2. The predicted molar refractivity (Wildman–Crippen MR) is 118 cm³/mol. The van der Waals surface area contributed by atoms with Crippen LogP contribution in [0.25, 0.3) is 0 Å². The molecule has 33 heavy (non-hydrogen) atoms. The van der Waals surface area contributed by atoms with Gasteiger partial charge in [0.25, 0.3) is 5.91 Å². The zero-order chi connectivity index (χ0) is 24.6. The Morgan fingerprint density at radius 3 is 2.03 bits per heavy atom. The van der Waals surface area contributed by atoms with Gasteiger partial charge in [0, 0.05) is 22.8 Å². The third kappa shape index (κ3) is 7.49. The highest BCUT2D eigenvalue weighted by atomic mass is 35.5. The number of rotatable bonds is 7. The van der Waals surface area contributed by atoms with Gasteiger partial charge >= 0.3 is 12.1 Å². The quantitative estimate of drug-likeness (QED) is 0.472. The van der Waals surface area contributed by atoms with Gasteiger partial charge in [-0.25, -0.2) is 4.79 Å². The standard InChI is InChI=1S/C21H23ClN2O2.C2HF3O2/c1-2-3-14-23-20(26)21(12-13-21)16-6-10-18(11-7-16)24-19(25)15-4-8-17(22)9-5-15;3-2(4,5)1(6)7/h4-11H,2-3,12-14H2,1H3,(H,23,26)(H,24,25);(H,6,7). The van der Waals surface area contributed by atoms with Gasteiger partial charge in [-0.3, -0.25) is 9.59 Å². The molecule has 0 heterocycles. The van der Waals surface area contributed by atoms with Crippen LogP contribution in [0.5, 0.6) is 0 Å². The minimum Gasteiger partial charge on any atom is -0.475 e. The van der Waals surface area contributed by atoms with Gasteiger partial charge in [0.1, 0.15) is 0 Å². The van der Waals surface area contributed by atoms with Gasteiger partial charge < -0.3 is 15.7 Å². The Balaban J connectivity index is 0.000000479. The van der Waals surface area contributed by atoms with Gasteiger partial charge in [-0.1, -0.05) is 37.1 Å². The highest BCUT2D eigenvalue weighted by Crippen LogP contribution is 2.48. The Kier molecular flexibility index (Phi) is 8.87. The summed E-state index contributed by atoms with van der Waals surface area (Å²) in [5.74, 6) is -2.83. The van der Waals surface area contributed by atoms with Crippen LogP contribution >= 0.6 is 11.6 Å². The fourth-order valence-electron chi connectivity index (χ4n) is 3.00. The van der Waals surface area contributed by atoms with Crippen molar-refractivity contribution in [1.82, 2.24) is 5.32 Å². The molecule has 2 amide bonds. The predicted octanol–water partition coefficient (Wildman–Crippen LogP) is 5.17. The lowest BCUT2D eigenvalue weighted by molar-refractivity contribution is -0.192. The molecule has 1 fully saturated rings. The largest absolute Gasteiger partial charge is 0.490 e. The average molecular weight is 485 g/mol. The Morgan fingerprint density at radius 1 is 1.03 bits per heavy atom. The van der Waals surface area contributed by atoms with Crippen LogP contribution in [-0.2, 0) is 15.0 Å². The summed E-state index contributed by atoms with van der Waals surface area (Å²) in [7, 11) is 0. The van der Waals surface area contributed by atoms with Crippen LogP contribution < -0.4 is 10.6 Å². The molecule has 0 unspecified atom stereocenters. The monoisotopic (exact) mass is 484 g/mol. The van der Waals surface area contributed by atoms with Crippen LogP contribution in [0.4, 0.5) is 18.9 Å². The smallest absolute Gasteiger partial charge is 0.475 e. The first kappa shape index (κ1) is 26.2. The van der Waals surface area contributed by atoms with Gasteiger partial charge in [-0.2, -0.15) is 13.2 Å². The Labute approximate surface area is 194 Å². The van der Waals surface area contributed by atoms with E-state index in [1.807, 2.05) is 24.3 Å². The number of hydrogen-bond donors (Lipinski definition) is 3. The molecule has 0 bridgehead atoms. The molecular formula is C23H24ClF3N2O4. The van der Waals surface area contributed by atoms with Gasteiger partial charge in [-0.15, -0.1) is 0 Å².